The van der Waals surface area contributed by atoms with Gasteiger partial charge in [-0.05, 0) is 19.1 Å². The second-order valence-electron chi connectivity index (χ2n) is 2.31. The Morgan fingerprint density at radius 2 is 2.08 bits per heavy atom. The molecule has 12 heavy (non-hydrogen) atoms. The van der Waals surface area contributed by atoms with Crippen molar-refractivity contribution in [2.24, 2.45) is 0 Å². The van der Waals surface area contributed by atoms with Crippen LogP contribution in [0.5, 0.6) is 5.75 Å². The Hall–Kier alpha value is -0.510. The molecule has 0 radical (unpaired) electrons. The van der Waals surface area contributed by atoms with E-state index in [0.717, 1.165) is 5.56 Å². The third-order valence-corrected chi connectivity index (χ3v) is 1.37. The number of benzene rings is 1. The number of carboxylic acids is 1. The van der Waals surface area contributed by atoms with Crippen molar-refractivity contribution in [3.63, 3.8) is 0 Å². The van der Waals surface area contributed by atoms with E-state index < -0.39 is 5.97 Å². The van der Waals surface area contributed by atoms with Crippen molar-refractivity contribution in [2.45, 2.75) is 6.92 Å². The summed E-state index contributed by atoms with van der Waals surface area (Å²) >= 11 is 0. The standard InChI is InChI=1S/C8H8O3.Na/c1-5-2-3-7(9)6(4-5)8(10)11;/h2-4,9H,1H3,(H,10,11);/q;+1/p-1. The molecule has 0 aromatic heterocycles. The molecule has 0 atom stereocenters. The van der Waals surface area contributed by atoms with E-state index in [9.17, 15) is 9.90 Å². The Kier molecular flexibility index (Phi) is 4.31. The quantitative estimate of drug-likeness (QED) is 0.464. The maximum atomic E-state index is 10.3. The molecular weight excluding hydrogens is 167 g/mol. The van der Waals surface area contributed by atoms with Gasteiger partial charge in [0.1, 0.15) is 5.75 Å². The molecule has 0 aliphatic rings. The Balaban J connectivity index is 0.00000121. The van der Waals surface area contributed by atoms with Crippen molar-refractivity contribution in [2.75, 3.05) is 0 Å². The molecule has 0 spiro atoms. The molecule has 0 fully saturated rings. The van der Waals surface area contributed by atoms with E-state index in [4.69, 9.17) is 5.11 Å². The zero-order valence-corrected chi connectivity index (χ0v) is 9.00. The minimum absolute atomic E-state index is 0. The van der Waals surface area contributed by atoms with Crippen LogP contribution < -0.4 is 34.7 Å². The first-order valence-corrected chi connectivity index (χ1v) is 3.12. The van der Waals surface area contributed by atoms with E-state index in [1.807, 2.05) is 0 Å². The monoisotopic (exact) mass is 174 g/mol. The van der Waals surface area contributed by atoms with Gasteiger partial charge in [0.15, 0.2) is 0 Å². The van der Waals surface area contributed by atoms with Gasteiger partial charge < -0.3 is 15.0 Å². The molecule has 0 aliphatic carbocycles. The van der Waals surface area contributed by atoms with Crippen LogP contribution in [0.25, 0.3) is 0 Å². The first-order chi connectivity index (χ1) is 5.11. The average Bonchev–Trinajstić information content (AvgIpc) is 1.94. The van der Waals surface area contributed by atoms with Crippen molar-refractivity contribution < 1.29 is 44.6 Å². The second-order valence-corrected chi connectivity index (χ2v) is 2.31. The van der Waals surface area contributed by atoms with E-state index in [2.05, 4.69) is 0 Å². The number of hydrogen-bond donors (Lipinski definition) is 1. The van der Waals surface area contributed by atoms with Gasteiger partial charge in [0.2, 0.25) is 0 Å². The number of aromatic hydroxyl groups is 1. The van der Waals surface area contributed by atoms with Crippen molar-refractivity contribution >= 4 is 5.97 Å². The smallest absolute Gasteiger partial charge is 0.545 e. The molecule has 58 valence electrons. The molecular formula is C8H7NaO3. The molecule has 0 amide bonds. The van der Waals surface area contributed by atoms with Crippen LogP contribution in [0.15, 0.2) is 18.2 Å². The van der Waals surface area contributed by atoms with Gasteiger partial charge in [-0.15, -0.1) is 0 Å². The van der Waals surface area contributed by atoms with Gasteiger partial charge in [-0.2, -0.15) is 0 Å². The van der Waals surface area contributed by atoms with Gasteiger partial charge in [-0.1, -0.05) is 11.6 Å². The average molecular weight is 174 g/mol. The summed E-state index contributed by atoms with van der Waals surface area (Å²) in [4.78, 5) is 10.3. The Bertz CT molecular complexity index is 296. The van der Waals surface area contributed by atoms with Gasteiger partial charge in [0.25, 0.3) is 0 Å². The third-order valence-electron chi connectivity index (χ3n) is 1.37. The molecule has 1 aromatic rings. The molecule has 1 N–H and O–H groups in total. The van der Waals surface area contributed by atoms with Gasteiger partial charge >= 0.3 is 29.6 Å². The zero-order valence-electron chi connectivity index (χ0n) is 7.00. The maximum Gasteiger partial charge on any atom is 1.00 e. The fraction of sp³-hybridized carbons (Fsp3) is 0.125. The molecule has 0 aliphatic heterocycles. The predicted octanol–water partition coefficient (Wildman–Crippen LogP) is -2.93. The van der Waals surface area contributed by atoms with Gasteiger partial charge in [-0.25, -0.2) is 0 Å². The van der Waals surface area contributed by atoms with E-state index >= 15 is 0 Å². The molecule has 0 heterocycles. The van der Waals surface area contributed by atoms with Crippen LogP contribution >= 0.6 is 0 Å². The van der Waals surface area contributed by atoms with Crippen molar-refractivity contribution in [1.82, 2.24) is 0 Å². The third kappa shape index (κ3) is 2.52. The summed E-state index contributed by atoms with van der Waals surface area (Å²) in [6.45, 7) is 1.74. The van der Waals surface area contributed by atoms with E-state index in [0.29, 0.717) is 0 Å². The number of phenols is 1. The molecule has 0 unspecified atom stereocenters. The SMILES string of the molecule is Cc1ccc(O)c(C(=O)[O-])c1.[Na+]. The van der Waals surface area contributed by atoms with E-state index in [1.54, 1.807) is 13.0 Å². The van der Waals surface area contributed by atoms with Crippen molar-refractivity contribution in [3.8, 4) is 5.75 Å². The Labute approximate surface area is 92.3 Å². The first kappa shape index (κ1) is 11.5. The molecule has 1 rings (SSSR count). The van der Waals surface area contributed by atoms with Gasteiger partial charge in [0.05, 0.1) is 5.97 Å². The number of carbonyl (C=O) groups excluding carboxylic acids is 1. The number of carboxylic acid groups (broad SMARTS) is 1. The van der Waals surface area contributed by atoms with Crippen LogP contribution in [0, 0.1) is 6.92 Å². The summed E-state index contributed by atoms with van der Waals surface area (Å²) in [5.74, 6) is -1.61. The summed E-state index contributed by atoms with van der Waals surface area (Å²) in [6, 6.07) is 4.33. The van der Waals surface area contributed by atoms with Crippen LogP contribution in [-0.2, 0) is 0 Å². The number of carbonyl (C=O) groups is 1. The van der Waals surface area contributed by atoms with Crippen LogP contribution in [-0.4, -0.2) is 11.1 Å². The van der Waals surface area contributed by atoms with Gasteiger partial charge in [-0.3, -0.25) is 0 Å². The molecule has 3 nitrogen and oxygen atoms in total. The summed E-state index contributed by atoms with van der Waals surface area (Å²) in [6.07, 6.45) is 0. The van der Waals surface area contributed by atoms with Crippen molar-refractivity contribution in [3.05, 3.63) is 29.3 Å². The molecule has 0 saturated heterocycles. The largest absolute Gasteiger partial charge is 1.00 e. The second kappa shape index (κ2) is 4.50. The van der Waals surface area contributed by atoms with Crippen LogP contribution in [0.1, 0.15) is 15.9 Å². The van der Waals surface area contributed by atoms with Crippen molar-refractivity contribution in [1.29, 1.82) is 0 Å². The summed E-state index contributed by atoms with van der Waals surface area (Å²) in [7, 11) is 0. The topological polar surface area (TPSA) is 60.4 Å². The molecule has 0 bridgehead atoms. The molecule has 1 aromatic carbocycles. The molecule has 0 saturated carbocycles. The van der Waals surface area contributed by atoms with E-state index in [1.165, 1.54) is 12.1 Å². The predicted molar refractivity (Wildman–Crippen MR) is 37.2 cm³/mol. The number of rotatable bonds is 1. The minimum Gasteiger partial charge on any atom is -0.545 e. The van der Waals surface area contributed by atoms with Crippen LogP contribution in [0.2, 0.25) is 0 Å². The number of aryl methyl sites for hydroxylation is 1. The first-order valence-electron chi connectivity index (χ1n) is 3.12. The number of hydrogen-bond acceptors (Lipinski definition) is 3. The molecule has 4 heteroatoms. The summed E-state index contributed by atoms with van der Waals surface area (Å²) in [5.41, 5.74) is 0.618. The van der Waals surface area contributed by atoms with Gasteiger partial charge in [0, 0.05) is 5.56 Å². The maximum absolute atomic E-state index is 10.3. The Morgan fingerprint density at radius 1 is 1.50 bits per heavy atom. The number of aromatic carboxylic acids is 1. The fourth-order valence-electron chi connectivity index (χ4n) is 0.813. The Morgan fingerprint density at radius 3 is 2.50 bits per heavy atom. The summed E-state index contributed by atoms with van der Waals surface area (Å²) in [5, 5.41) is 19.3. The van der Waals surface area contributed by atoms with Crippen LogP contribution in [0.3, 0.4) is 0 Å². The zero-order chi connectivity index (χ0) is 8.43. The normalized spacial score (nSPS) is 8.75. The minimum atomic E-state index is -1.36. The van der Waals surface area contributed by atoms with Crippen LogP contribution in [0.4, 0.5) is 0 Å². The fourth-order valence-corrected chi connectivity index (χ4v) is 0.813. The van der Waals surface area contributed by atoms with E-state index in [-0.39, 0.29) is 40.9 Å². The summed E-state index contributed by atoms with van der Waals surface area (Å²) < 4.78 is 0.